The molecule has 2 rings (SSSR count). The van der Waals surface area contributed by atoms with Crippen LogP contribution in [0.15, 0.2) is 12.5 Å². The van der Waals surface area contributed by atoms with Gasteiger partial charge in [0.25, 0.3) is 0 Å². The van der Waals surface area contributed by atoms with Gasteiger partial charge in [-0.05, 0) is 25.8 Å². The van der Waals surface area contributed by atoms with Gasteiger partial charge in [-0.1, -0.05) is 0 Å². The van der Waals surface area contributed by atoms with E-state index < -0.39 is 53.8 Å². The Labute approximate surface area is 194 Å². The second-order valence-electron chi connectivity index (χ2n) is 7.57. The van der Waals surface area contributed by atoms with E-state index in [9.17, 15) is 29.1 Å². The topological polar surface area (TPSA) is 203 Å². The van der Waals surface area contributed by atoms with Crippen molar-refractivity contribution in [2.24, 2.45) is 0 Å². The first-order valence-corrected chi connectivity index (χ1v) is 11.0. The van der Waals surface area contributed by atoms with Crippen molar-refractivity contribution in [1.29, 1.82) is 0 Å². The Morgan fingerprint density at radius 3 is 2.33 bits per heavy atom. The van der Waals surface area contributed by atoms with E-state index in [1.807, 2.05) is 0 Å². The zero-order valence-corrected chi connectivity index (χ0v) is 18.6. The zero-order chi connectivity index (χ0) is 24.4. The first-order valence-electron chi connectivity index (χ1n) is 10.4. The molecule has 3 amide bonds. The van der Waals surface area contributed by atoms with Gasteiger partial charge in [-0.25, -0.2) is 9.78 Å². The van der Waals surface area contributed by atoms with Gasteiger partial charge >= 0.3 is 11.9 Å². The Bertz CT molecular complexity index is 844. The maximum absolute atomic E-state index is 12.8. The molecule has 0 saturated carbocycles. The van der Waals surface area contributed by atoms with Crippen LogP contribution in [0.4, 0.5) is 0 Å². The van der Waals surface area contributed by atoms with Crippen LogP contribution in [0.2, 0.25) is 0 Å². The Morgan fingerprint density at radius 2 is 1.79 bits per heavy atom. The summed E-state index contributed by atoms with van der Waals surface area (Å²) in [5.74, 6) is -4.57. The lowest BCUT2D eigenvalue weighted by Crippen LogP contribution is -2.57. The molecular weight excluding hydrogens is 456 g/mol. The number of thiol groups is 1. The summed E-state index contributed by atoms with van der Waals surface area (Å²) in [4.78, 5) is 66.8. The number of carboxylic acid groups (broad SMARTS) is 2. The third-order valence-electron chi connectivity index (χ3n) is 5.07. The molecule has 0 aliphatic carbocycles. The van der Waals surface area contributed by atoms with Gasteiger partial charge in [-0.2, -0.15) is 12.6 Å². The molecule has 0 radical (unpaired) electrons. The molecule has 1 aliphatic rings. The van der Waals surface area contributed by atoms with Crippen LogP contribution in [0.1, 0.15) is 31.4 Å². The number of imidazole rings is 1. The molecule has 1 aromatic heterocycles. The number of aromatic amines is 1. The number of hydrogen-bond acceptors (Lipinski definition) is 8. The Morgan fingerprint density at radius 1 is 1.09 bits per heavy atom. The second kappa shape index (κ2) is 12.8. The van der Waals surface area contributed by atoms with E-state index in [0.717, 1.165) is 6.42 Å². The predicted molar refractivity (Wildman–Crippen MR) is 117 cm³/mol. The molecule has 1 fully saturated rings. The lowest BCUT2D eigenvalue weighted by molar-refractivity contribution is -0.142. The summed E-state index contributed by atoms with van der Waals surface area (Å²) in [6, 6.07) is -4.16. The number of rotatable bonds is 13. The maximum atomic E-state index is 12.8. The largest absolute Gasteiger partial charge is 0.481 e. The molecule has 13 nitrogen and oxygen atoms in total. The minimum atomic E-state index is -1.28. The molecule has 4 unspecified atom stereocenters. The molecule has 2 heterocycles. The molecule has 7 N–H and O–H groups in total. The molecule has 0 aromatic carbocycles. The number of nitrogens with one attached hydrogen (secondary N) is 5. The van der Waals surface area contributed by atoms with Gasteiger partial charge in [-0.3, -0.25) is 19.2 Å². The summed E-state index contributed by atoms with van der Waals surface area (Å²) in [5, 5.41) is 28.7. The highest BCUT2D eigenvalue weighted by Crippen LogP contribution is 2.07. The summed E-state index contributed by atoms with van der Waals surface area (Å²) < 4.78 is 0. The quantitative estimate of drug-likeness (QED) is 0.146. The summed E-state index contributed by atoms with van der Waals surface area (Å²) >= 11 is 4.06. The molecule has 14 heteroatoms. The minimum absolute atomic E-state index is 0.0556. The van der Waals surface area contributed by atoms with Gasteiger partial charge in [0.1, 0.15) is 18.1 Å². The smallest absolute Gasteiger partial charge is 0.326 e. The standard InChI is InChI=1S/C19H28N6O7S/c26-15(27)4-3-12(23-16(28)11-2-1-5-21-11)17(29)25-14(8-33)18(30)24-13(19(31)32)6-10-7-20-9-22-10/h7,9,11-14,21,33H,1-6,8H2,(H,20,22)(H,23,28)(H,24,30)(H,25,29)(H,26,27)(H,31,32). The minimum Gasteiger partial charge on any atom is -0.481 e. The van der Waals surface area contributed by atoms with Crippen molar-refractivity contribution in [3.8, 4) is 0 Å². The molecule has 1 aliphatic heterocycles. The summed E-state index contributed by atoms with van der Waals surface area (Å²) in [7, 11) is 0. The normalized spacial score (nSPS) is 18.0. The van der Waals surface area contributed by atoms with Gasteiger partial charge < -0.3 is 36.5 Å². The van der Waals surface area contributed by atoms with Crippen LogP contribution in [0, 0.1) is 0 Å². The van der Waals surface area contributed by atoms with Crippen LogP contribution in [0.25, 0.3) is 0 Å². The first-order chi connectivity index (χ1) is 15.7. The van der Waals surface area contributed by atoms with Crippen LogP contribution in [-0.4, -0.2) is 86.3 Å². The van der Waals surface area contributed by atoms with E-state index in [1.165, 1.54) is 12.5 Å². The fourth-order valence-corrected chi connectivity index (χ4v) is 3.53. The summed E-state index contributed by atoms with van der Waals surface area (Å²) in [6.45, 7) is 0.662. The fourth-order valence-electron chi connectivity index (χ4n) is 3.27. The van der Waals surface area contributed by atoms with Gasteiger partial charge in [0.15, 0.2) is 0 Å². The van der Waals surface area contributed by atoms with Gasteiger partial charge in [0.2, 0.25) is 17.7 Å². The van der Waals surface area contributed by atoms with Crippen molar-refractivity contribution in [3.05, 3.63) is 18.2 Å². The van der Waals surface area contributed by atoms with E-state index in [4.69, 9.17) is 5.11 Å². The summed E-state index contributed by atoms with van der Waals surface area (Å²) in [5.41, 5.74) is 0.492. The first kappa shape index (κ1) is 26.1. The molecule has 182 valence electrons. The van der Waals surface area contributed by atoms with Crippen LogP contribution in [0.5, 0.6) is 0 Å². The average Bonchev–Trinajstić information content (AvgIpc) is 3.48. The van der Waals surface area contributed by atoms with Crippen molar-refractivity contribution in [1.82, 2.24) is 31.2 Å². The van der Waals surface area contributed by atoms with Crippen molar-refractivity contribution >= 4 is 42.3 Å². The number of nitrogens with zero attached hydrogens (tertiary/aromatic N) is 1. The number of carbonyl (C=O) groups excluding carboxylic acids is 3. The average molecular weight is 485 g/mol. The number of H-pyrrole nitrogens is 1. The van der Waals surface area contributed by atoms with Crippen LogP contribution < -0.4 is 21.3 Å². The Hall–Kier alpha value is -3.13. The van der Waals surface area contributed by atoms with Gasteiger partial charge in [0, 0.05) is 30.5 Å². The van der Waals surface area contributed by atoms with Crippen LogP contribution in [0.3, 0.4) is 0 Å². The van der Waals surface area contributed by atoms with Crippen molar-refractivity contribution in [3.63, 3.8) is 0 Å². The third-order valence-corrected chi connectivity index (χ3v) is 5.43. The number of aromatic nitrogens is 2. The molecule has 1 saturated heterocycles. The third kappa shape index (κ3) is 8.38. The highest BCUT2D eigenvalue weighted by molar-refractivity contribution is 7.80. The van der Waals surface area contributed by atoms with Crippen LogP contribution >= 0.6 is 12.6 Å². The molecule has 33 heavy (non-hydrogen) atoms. The lowest BCUT2D eigenvalue weighted by atomic mass is 10.1. The van der Waals surface area contributed by atoms with Crippen molar-refractivity contribution < 1.29 is 34.2 Å². The predicted octanol–water partition coefficient (Wildman–Crippen LogP) is -1.96. The molecule has 1 aromatic rings. The second-order valence-corrected chi connectivity index (χ2v) is 7.93. The zero-order valence-electron chi connectivity index (χ0n) is 17.7. The number of carboxylic acids is 2. The van der Waals surface area contributed by atoms with Crippen molar-refractivity contribution in [2.75, 3.05) is 12.3 Å². The van der Waals surface area contributed by atoms with E-state index in [1.54, 1.807) is 0 Å². The SMILES string of the molecule is O=C(O)CCC(NC(=O)C1CCCN1)C(=O)NC(CS)C(=O)NC(Cc1cnc[nH]1)C(=O)O. The number of carbonyl (C=O) groups is 5. The monoisotopic (exact) mass is 484 g/mol. The van der Waals surface area contributed by atoms with E-state index in [0.29, 0.717) is 18.7 Å². The number of amides is 3. The molecule has 0 bridgehead atoms. The number of hydrogen-bond donors (Lipinski definition) is 8. The Kier molecular flexibility index (Phi) is 10.1. The number of aliphatic carboxylic acids is 2. The molecule has 0 spiro atoms. The lowest BCUT2D eigenvalue weighted by Gasteiger charge is -2.24. The van der Waals surface area contributed by atoms with Crippen LogP contribution in [-0.2, 0) is 30.4 Å². The molecule has 4 atom stereocenters. The van der Waals surface area contributed by atoms with E-state index in [2.05, 4.69) is 43.9 Å². The summed E-state index contributed by atoms with van der Waals surface area (Å²) in [6.07, 6.45) is 3.58. The highest BCUT2D eigenvalue weighted by atomic mass is 32.1. The maximum Gasteiger partial charge on any atom is 0.326 e. The fraction of sp³-hybridized carbons (Fsp3) is 0.579. The van der Waals surface area contributed by atoms with Gasteiger partial charge in [0.05, 0.1) is 12.4 Å². The van der Waals surface area contributed by atoms with Crippen molar-refractivity contribution in [2.45, 2.75) is 56.3 Å². The van der Waals surface area contributed by atoms with E-state index >= 15 is 0 Å². The van der Waals surface area contributed by atoms with E-state index in [-0.39, 0.29) is 25.0 Å². The highest BCUT2D eigenvalue weighted by Gasteiger charge is 2.31. The van der Waals surface area contributed by atoms with Gasteiger partial charge in [-0.15, -0.1) is 0 Å². The molecular formula is C19H28N6O7S. The Balaban J connectivity index is 2.01.